The molecule has 0 bridgehead atoms. The van der Waals surface area contributed by atoms with E-state index in [-0.39, 0.29) is 17.5 Å². The number of nitrogens with zero attached hydrogens (tertiary/aromatic N) is 2. The Morgan fingerprint density at radius 2 is 1.90 bits per heavy atom. The van der Waals surface area contributed by atoms with Crippen LogP contribution in [0.3, 0.4) is 0 Å². The average Bonchev–Trinajstić information content (AvgIpc) is 3.03. The number of aryl methyl sites for hydroxylation is 1. The van der Waals surface area contributed by atoms with Crippen molar-refractivity contribution in [1.82, 2.24) is 4.90 Å². The summed E-state index contributed by atoms with van der Waals surface area (Å²) in [5, 5.41) is 9.90. The molecule has 1 heterocycles. The second kappa shape index (κ2) is 8.88. The van der Waals surface area contributed by atoms with E-state index in [0.717, 1.165) is 36.8 Å². The summed E-state index contributed by atoms with van der Waals surface area (Å²) in [7, 11) is 0. The maximum absolute atomic E-state index is 13.3. The summed E-state index contributed by atoms with van der Waals surface area (Å²) in [6, 6.07) is 14.7. The van der Waals surface area contributed by atoms with Crippen LogP contribution in [0, 0.1) is 6.92 Å². The summed E-state index contributed by atoms with van der Waals surface area (Å²) < 4.78 is 0. The van der Waals surface area contributed by atoms with Crippen molar-refractivity contribution < 1.29 is 14.7 Å². The highest BCUT2D eigenvalue weighted by atomic mass is 32.2. The molecule has 0 spiro atoms. The van der Waals surface area contributed by atoms with Gasteiger partial charge >= 0.3 is 5.97 Å². The van der Waals surface area contributed by atoms with Crippen LogP contribution in [-0.4, -0.2) is 33.1 Å². The van der Waals surface area contributed by atoms with E-state index in [1.807, 2.05) is 36.1 Å². The zero-order valence-corrected chi connectivity index (χ0v) is 17.7. The quantitative estimate of drug-likeness (QED) is 0.651. The predicted molar refractivity (Wildman–Crippen MR) is 121 cm³/mol. The molecule has 6 heteroatoms. The lowest BCUT2D eigenvalue weighted by molar-refractivity contribution is -0.124. The number of hydrogen-bond donors (Lipinski definition) is 1. The summed E-state index contributed by atoms with van der Waals surface area (Å²) in [5.74, 6) is -1.00. The molecule has 2 fully saturated rings. The number of carboxylic acids is 1. The third-order valence-electron chi connectivity index (χ3n) is 5.43. The van der Waals surface area contributed by atoms with Gasteiger partial charge in [0.25, 0.3) is 5.91 Å². The lowest BCUT2D eigenvalue weighted by Crippen LogP contribution is -2.40. The van der Waals surface area contributed by atoms with Gasteiger partial charge in [0.05, 0.1) is 16.2 Å². The summed E-state index contributed by atoms with van der Waals surface area (Å²) >= 11 is 1.37. The monoisotopic (exact) mass is 420 g/mol. The Morgan fingerprint density at radius 1 is 1.13 bits per heavy atom. The SMILES string of the molecule is Cc1cccc(/C=C2\SC(=Nc3cccc(C(=O)O)c3)N(C3CCCCC3)C2=O)c1. The molecule has 2 aliphatic rings. The fraction of sp³-hybridized carbons (Fsp3) is 0.292. The second-order valence-corrected chi connectivity index (χ2v) is 8.75. The third kappa shape index (κ3) is 4.49. The minimum atomic E-state index is -0.989. The Labute approximate surface area is 180 Å². The highest BCUT2D eigenvalue weighted by Gasteiger charge is 2.38. The Hall–Kier alpha value is -2.86. The number of benzene rings is 2. The Morgan fingerprint density at radius 3 is 2.63 bits per heavy atom. The Balaban J connectivity index is 1.71. The topological polar surface area (TPSA) is 70.0 Å². The average molecular weight is 421 g/mol. The van der Waals surface area contributed by atoms with E-state index in [1.54, 1.807) is 24.3 Å². The Bertz CT molecular complexity index is 1040. The molecule has 1 aliphatic heterocycles. The highest BCUT2D eigenvalue weighted by Crippen LogP contribution is 2.38. The van der Waals surface area contributed by atoms with Gasteiger partial charge in [-0.05, 0) is 61.4 Å². The lowest BCUT2D eigenvalue weighted by Gasteiger charge is -2.30. The van der Waals surface area contributed by atoms with Crippen LogP contribution < -0.4 is 0 Å². The summed E-state index contributed by atoms with van der Waals surface area (Å²) in [6.07, 6.45) is 7.28. The third-order valence-corrected chi connectivity index (χ3v) is 6.42. The number of carbonyl (C=O) groups excluding carboxylic acids is 1. The van der Waals surface area contributed by atoms with E-state index in [1.165, 1.54) is 18.2 Å². The summed E-state index contributed by atoms with van der Waals surface area (Å²) in [6.45, 7) is 2.03. The highest BCUT2D eigenvalue weighted by molar-refractivity contribution is 8.18. The number of aliphatic imine (C=N–C) groups is 1. The lowest BCUT2D eigenvalue weighted by atomic mass is 9.94. The number of amides is 1. The van der Waals surface area contributed by atoms with Crippen LogP contribution >= 0.6 is 11.8 Å². The molecular weight excluding hydrogens is 396 g/mol. The number of rotatable bonds is 4. The minimum Gasteiger partial charge on any atom is -0.478 e. The molecule has 1 amide bonds. The molecule has 2 aromatic rings. The maximum atomic E-state index is 13.3. The maximum Gasteiger partial charge on any atom is 0.335 e. The molecule has 0 aromatic heterocycles. The van der Waals surface area contributed by atoms with Crippen LogP contribution in [0.1, 0.15) is 53.6 Å². The van der Waals surface area contributed by atoms with Gasteiger partial charge in [-0.25, -0.2) is 9.79 Å². The zero-order chi connectivity index (χ0) is 21.1. The molecule has 30 heavy (non-hydrogen) atoms. The van der Waals surface area contributed by atoms with Crippen molar-refractivity contribution in [2.75, 3.05) is 0 Å². The largest absolute Gasteiger partial charge is 0.478 e. The van der Waals surface area contributed by atoms with Crippen molar-refractivity contribution in [3.63, 3.8) is 0 Å². The van der Waals surface area contributed by atoms with Gasteiger partial charge in [-0.2, -0.15) is 0 Å². The van der Waals surface area contributed by atoms with Crippen molar-refractivity contribution in [3.05, 3.63) is 70.1 Å². The number of aromatic carboxylic acids is 1. The van der Waals surface area contributed by atoms with E-state index in [2.05, 4.69) is 6.07 Å². The van der Waals surface area contributed by atoms with E-state index in [4.69, 9.17) is 4.99 Å². The number of carbonyl (C=O) groups is 2. The van der Waals surface area contributed by atoms with Gasteiger partial charge in [-0.1, -0.05) is 55.2 Å². The van der Waals surface area contributed by atoms with Crippen LogP contribution in [0.15, 0.2) is 58.4 Å². The van der Waals surface area contributed by atoms with E-state index in [9.17, 15) is 14.7 Å². The molecule has 1 saturated carbocycles. The van der Waals surface area contributed by atoms with Crippen LogP contribution in [-0.2, 0) is 4.79 Å². The fourth-order valence-electron chi connectivity index (χ4n) is 3.96. The van der Waals surface area contributed by atoms with Gasteiger partial charge in [-0.15, -0.1) is 0 Å². The standard InChI is InChI=1S/C24H24N2O3S/c1-16-7-5-8-17(13-16)14-21-22(27)26(20-11-3-2-4-12-20)24(30-21)25-19-10-6-9-18(15-19)23(28)29/h5-10,13-15,20H,2-4,11-12H2,1H3,(H,28,29)/b21-14-,25-24?. The first-order valence-corrected chi connectivity index (χ1v) is 11.0. The molecule has 0 atom stereocenters. The van der Waals surface area contributed by atoms with Crippen molar-refractivity contribution >= 4 is 40.6 Å². The van der Waals surface area contributed by atoms with Gasteiger partial charge in [0.1, 0.15) is 0 Å². The van der Waals surface area contributed by atoms with Crippen LogP contribution in [0.25, 0.3) is 6.08 Å². The molecule has 0 radical (unpaired) electrons. The summed E-state index contributed by atoms with van der Waals surface area (Å²) in [5.41, 5.74) is 2.86. The van der Waals surface area contributed by atoms with E-state index >= 15 is 0 Å². The second-order valence-electron chi connectivity index (χ2n) is 7.74. The minimum absolute atomic E-state index is 0.0125. The molecule has 5 nitrogen and oxygen atoms in total. The smallest absolute Gasteiger partial charge is 0.335 e. The molecule has 0 unspecified atom stereocenters. The van der Waals surface area contributed by atoms with Gasteiger partial charge in [-0.3, -0.25) is 9.69 Å². The van der Waals surface area contributed by atoms with Gasteiger partial charge in [0.2, 0.25) is 0 Å². The fourth-order valence-corrected chi connectivity index (χ4v) is 5.01. The number of amidine groups is 1. The molecular formula is C24H24N2O3S. The zero-order valence-electron chi connectivity index (χ0n) is 16.9. The van der Waals surface area contributed by atoms with Crippen molar-refractivity contribution in [2.45, 2.75) is 45.1 Å². The number of hydrogen-bond acceptors (Lipinski definition) is 4. The predicted octanol–water partition coefficient (Wildman–Crippen LogP) is 5.63. The van der Waals surface area contributed by atoms with Crippen molar-refractivity contribution in [3.8, 4) is 0 Å². The van der Waals surface area contributed by atoms with Gasteiger partial charge < -0.3 is 5.11 Å². The normalized spacial score (nSPS) is 20.3. The van der Waals surface area contributed by atoms with E-state index < -0.39 is 5.97 Å². The van der Waals surface area contributed by atoms with Crippen LogP contribution in [0.5, 0.6) is 0 Å². The first kappa shape index (κ1) is 20.4. The molecule has 1 N–H and O–H groups in total. The van der Waals surface area contributed by atoms with Gasteiger partial charge in [0, 0.05) is 6.04 Å². The first-order valence-electron chi connectivity index (χ1n) is 10.2. The van der Waals surface area contributed by atoms with Crippen LogP contribution in [0.4, 0.5) is 5.69 Å². The van der Waals surface area contributed by atoms with E-state index in [0.29, 0.717) is 15.8 Å². The number of carboxylic acid groups (broad SMARTS) is 1. The molecule has 2 aromatic carbocycles. The van der Waals surface area contributed by atoms with Gasteiger partial charge in [0.15, 0.2) is 5.17 Å². The Kier molecular flexibility index (Phi) is 6.04. The molecule has 1 aliphatic carbocycles. The van der Waals surface area contributed by atoms with Crippen molar-refractivity contribution in [2.24, 2.45) is 4.99 Å². The molecule has 154 valence electrons. The first-order chi connectivity index (χ1) is 14.5. The number of thioether (sulfide) groups is 1. The van der Waals surface area contributed by atoms with Crippen molar-refractivity contribution in [1.29, 1.82) is 0 Å². The summed E-state index contributed by atoms with van der Waals surface area (Å²) in [4.78, 5) is 31.8. The molecule has 4 rings (SSSR count). The molecule has 1 saturated heterocycles. The van der Waals surface area contributed by atoms with Crippen LogP contribution in [0.2, 0.25) is 0 Å².